The minimum absolute atomic E-state index is 0.935. The zero-order valence-electron chi connectivity index (χ0n) is 13.1. The number of hydrogen-bond acceptors (Lipinski definition) is 3. The molecule has 0 bridgehead atoms. The van der Waals surface area contributed by atoms with Crippen molar-refractivity contribution in [3.8, 4) is 0 Å². The highest BCUT2D eigenvalue weighted by Gasteiger charge is 2.15. The normalized spacial score (nSPS) is 11.0. The van der Waals surface area contributed by atoms with Crippen molar-refractivity contribution in [2.75, 3.05) is 12.0 Å². The van der Waals surface area contributed by atoms with Crippen LogP contribution in [0.5, 0.6) is 0 Å². The van der Waals surface area contributed by atoms with Gasteiger partial charge in [0.25, 0.3) is 0 Å². The zero-order valence-corrected chi connectivity index (χ0v) is 13.9. The molecule has 0 aliphatic rings. The van der Waals surface area contributed by atoms with E-state index in [-0.39, 0.29) is 0 Å². The number of benzene rings is 2. The molecule has 114 valence electrons. The van der Waals surface area contributed by atoms with E-state index in [1.165, 1.54) is 20.8 Å². The summed E-state index contributed by atoms with van der Waals surface area (Å²) >= 11 is 1.87. The van der Waals surface area contributed by atoms with Crippen LogP contribution in [0.25, 0.3) is 10.2 Å². The van der Waals surface area contributed by atoms with Crippen LogP contribution in [0, 0.1) is 13.8 Å². The summed E-state index contributed by atoms with van der Waals surface area (Å²) in [6, 6.07) is 17.0. The van der Waals surface area contributed by atoms with Crippen LogP contribution in [0.1, 0.15) is 17.0 Å². The number of aromatic nitrogens is 1. The Morgan fingerprint density at radius 1 is 1.00 bits per heavy atom. The second-order valence-corrected chi connectivity index (χ2v) is 6.75. The molecule has 0 unspecified atom stereocenters. The standard InChI is InChI=1S/C18H22N3S/c1-14-8-10-16(11-9-14)20-19-12-5-13-21-15(2)22-18-7-4-3-6-17(18)21/h3-4,6-11,19-20H,5,12-13H2,1-2H3/q+1. The predicted molar refractivity (Wildman–Crippen MR) is 94.2 cm³/mol. The van der Waals surface area contributed by atoms with E-state index >= 15 is 0 Å². The van der Waals surface area contributed by atoms with E-state index in [0.29, 0.717) is 0 Å². The van der Waals surface area contributed by atoms with E-state index in [0.717, 1.165) is 25.2 Å². The molecule has 0 aliphatic carbocycles. The Bertz CT molecular complexity index is 747. The summed E-state index contributed by atoms with van der Waals surface area (Å²) in [6.45, 7) is 6.27. The molecule has 1 aromatic heterocycles. The van der Waals surface area contributed by atoms with Crippen LogP contribution < -0.4 is 15.4 Å². The Morgan fingerprint density at radius 3 is 2.59 bits per heavy atom. The van der Waals surface area contributed by atoms with Gasteiger partial charge in [-0.25, -0.2) is 5.43 Å². The third-order valence-corrected chi connectivity index (χ3v) is 4.84. The number of para-hydroxylation sites is 1. The van der Waals surface area contributed by atoms with Gasteiger partial charge in [0.15, 0.2) is 6.54 Å². The quantitative estimate of drug-likeness (QED) is 0.411. The smallest absolute Gasteiger partial charge is 0.235 e. The molecule has 1 heterocycles. The van der Waals surface area contributed by atoms with Crippen molar-refractivity contribution in [2.24, 2.45) is 0 Å². The average molecular weight is 312 g/mol. The molecule has 3 nitrogen and oxygen atoms in total. The van der Waals surface area contributed by atoms with E-state index in [9.17, 15) is 0 Å². The minimum atomic E-state index is 0.935. The summed E-state index contributed by atoms with van der Waals surface area (Å²) in [5.74, 6) is 0. The number of nitrogens with zero attached hydrogens (tertiary/aromatic N) is 1. The lowest BCUT2D eigenvalue weighted by molar-refractivity contribution is -0.673. The fourth-order valence-electron chi connectivity index (χ4n) is 2.56. The summed E-state index contributed by atoms with van der Waals surface area (Å²) in [7, 11) is 0. The maximum Gasteiger partial charge on any atom is 0.235 e. The van der Waals surface area contributed by atoms with Gasteiger partial charge in [0.05, 0.1) is 0 Å². The first kappa shape index (κ1) is 15.0. The Balaban J connectivity index is 1.50. The first-order valence-electron chi connectivity index (χ1n) is 7.67. The van der Waals surface area contributed by atoms with Crippen LogP contribution in [0.2, 0.25) is 0 Å². The SMILES string of the molecule is Cc1ccc(NNCCC[n+]2c(C)sc3ccccc32)cc1. The summed E-state index contributed by atoms with van der Waals surface area (Å²) in [6.07, 6.45) is 1.09. The summed E-state index contributed by atoms with van der Waals surface area (Å²) < 4.78 is 3.78. The highest BCUT2D eigenvalue weighted by Crippen LogP contribution is 2.19. The van der Waals surface area contributed by atoms with Gasteiger partial charge in [-0.15, -0.1) is 0 Å². The molecule has 0 radical (unpaired) electrons. The maximum atomic E-state index is 3.29. The number of hydrogen-bond donors (Lipinski definition) is 2. The summed E-state index contributed by atoms with van der Waals surface area (Å²) in [5.41, 5.74) is 10.3. The number of fused-ring (bicyclic) bond motifs is 1. The molecular formula is C18H22N3S+. The number of thiazole rings is 1. The highest BCUT2D eigenvalue weighted by atomic mass is 32.1. The number of rotatable bonds is 6. The van der Waals surface area contributed by atoms with Crippen LogP contribution in [0.3, 0.4) is 0 Å². The Hall–Kier alpha value is -1.91. The van der Waals surface area contributed by atoms with E-state index in [4.69, 9.17) is 0 Å². The highest BCUT2D eigenvalue weighted by molar-refractivity contribution is 7.18. The van der Waals surface area contributed by atoms with Gasteiger partial charge in [-0.2, -0.15) is 4.57 Å². The maximum absolute atomic E-state index is 3.29. The van der Waals surface area contributed by atoms with Gasteiger partial charge in [-0.3, -0.25) is 0 Å². The second-order valence-electron chi connectivity index (χ2n) is 5.51. The van der Waals surface area contributed by atoms with Gasteiger partial charge in [-0.1, -0.05) is 41.2 Å². The lowest BCUT2D eigenvalue weighted by Crippen LogP contribution is -2.37. The summed E-state index contributed by atoms with van der Waals surface area (Å²) in [4.78, 5) is 0. The molecule has 0 aliphatic heterocycles. The molecular weight excluding hydrogens is 290 g/mol. The molecule has 0 amide bonds. The molecule has 0 saturated carbocycles. The van der Waals surface area contributed by atoms with E-state index in [1.807, 2.05) is 11.3 Å². The van der Waals surface area contributed by atoms with Crippen LogP contribution in [-0.2, 0) is 6.54 Å². The minimum Gasteiger partial charge on any atom is -0.322 e. The molecule has 2 N–H and O–H groups in total. The van der Waals surface area contributed by atoms with E-state index < -0.39 is 0 Å². The number of aryl methyl sites for hydroxylation is 3. The first-order chi connectivity index (χ1) is 10.7. The molecule has 0 saturated heterocycles. The molecule has 4 heteroatoms. The Morgan fingerprint density at radius 2 is 1.77 bits per heavy atom. The molecule has 2 aromatic carbocycles. The number of nitrogens with one attached hydrogen (secondary N) is 2. The largest absolute Gasteiger partial charge is 0.322 e. The molecule has 0 atom stereocenters. The van der Waals surface area contributed by atoms with Crippen molar-refractivity contribution < 1.29 is 4.57 Å². The number of anilines is 1. The van der Waals surface area contributed by atoms with E-state index in [2.05, 4.69) is 77.8 Å². The van der Waals surface area contributed by atoms with Crippen LogP contribution >= 0.6 is 11.3 Å². The van der Waals surface area contributed by atoms with Gasteiger partial charge >= 0.3 is 0 Å². The lowest BCUT2D eigenvalue weighted by atomic mass is 10.2. The zero-order chi connectivity index (χ0) is 15.4. The fraction of sp³-hybridized carbons (Fsp3) is 0.278. The van der Waals surface area contributed by atoms with Crippen molar-refractivity contribution in [1.82, 2.24) is 5.43 Å². The topological polar surface area (TPSA) is 27.9 Å². The Kier molecular flexibility index (Phi) is 4.71. The first-order valence-corrected chi connectivity index (χ1v) is 8.49. The van der Waals surface area contributed by atoms with Crippen molar-refractivity contribution in [1.29, 1.82) is 0 Å². The monoisotopic (exact) mass is 312 g/mol. The molecule has 22 heavy (non-hydrogen) atoms. The van der Waals surface area contributed by atoms with Crippen LogP contribution in [0.4, 0.5) is 5.69 Å². The van der Waals surface area contributed by atoms with Crippen molar-refractivity contribution in [3.05, 3.63) is 59.1 Å². The van der Waals surface area contributed by atoms with Gasteiger partial charge in [0, 0.05) is 31.6 Å². The van der Waals surface area contributed by atoms with Crippen LogP contribution in [-0.4, -0.2) is 6.54 Å². The van der Waals surface area contributed by atoms with Crippen LogP contribution in [0.15, 0.2) is 48.5 Å². The van der Waals surface area contributed by atoms with Gasteiger partial charge in [0.1, 0.15) is 4.70 Å². The molecule has 3 aromatic rings. The van der Waals surface area contributed by atoms with Gasteiger partial charge in [-0.05, 0) is 25.1 Å². The molecule has 0 spiro atoms. The third-order valence-electron chi connectivity index (χ3n) is 3.76. The van der Waals surface area contributed by atoms with Crippen molar-refractivity contribution >= 4 is 27.2 Å². The van der Waals surface area contributed by atoms with Gasteiger partial charge in [0.2, 0.25) is 10.5 Å². The summed E-state index contributed by atoms with van der Waals surface area (Å²) in [5, 5.41) is 1.37. The van der Waals surface area contributed by atoms with Crippen molar-refractivity contribution in [2.45, 2.75) is 26.8 Å². The third kappa shape index (κ3) is 3.46. The van der Waals surface area contributed by atoms with Gasteiger partial charge < -0.3 is 5.43 Å². The predicted octanol–water partition coefficient (Wildman–Crippen LogP) is 3.81. The second kappa shape index (κ2) is 6.90. The fourth-order valence-corrected chi connectivity index (χ4v) is 3.60. The van der Waals surface area contributed by atoms with E-state index in [1.54, 1.807) is 0 Å². The molecule has 0 fully saturated rings. The van der Waals surface area contributed by atoms with Crippen molar-refractivity contribution in [3.63, 3.8) is 0 Å². The average Bonchev–Trinajstić information content (AvgIpc) is 2.85. The lowest BCUT2D eigenvalue weighted by Gasteiger charge is -2.07. The Labute approximate surface area is 135 Å². The number of hydrazine groups is 1. The molecule has 3 rings (SSSR count).